The molecule has 2 heterocycles. The van der Waals surface area contributed by atoms with Crippen LogP contribution in [0.4, 0.5) is 0 Å². The van der Waals surface area contributed by atoms with E-state index in [2.05, 4.69) is 26.0 Å². The maximum absolute atomic E-state index is 4.37. The van der Waals surface area contributed by atoms with Crippen LogP contribution < -0.4 is 0 Å². The van der Waals surface area contributed by atoms with Gasteiger partial charge in [0.1, 0.15) is 4.60 Å². The summed E-state index contributed by atoms with van der Waals surface area (Å²) >= 11 is 3.30. The Morgan fingerprint density at radius 3 is 2.57 bits per heavy atom. The van der Waals surface area contributed by atoms with Crippen molar-refractivity contribution in [2.45, 2.75) is 13.8 Å². The Balaban J connectivity index is 2.44. The van der Waals surface area contributed by atoms with Crippen molar-refractivity contribution in [3.8, 4) is 5.69 Å². The molecule has 2 aromatic rings. The van der Waals surface area contributed by atoms with Gasteiger partial charge >= 0.3 is 0 Å². The monoisotopic (exact) mass is 251 g/mol. The Morgan fingerprint density at radius 1 is 1.29 bits per heavy atom. The highest BCUT2D eigenvalue weighted by molar-refractivity contribution is 9.10. The summed E-state index contributed by atoms with van der Waals surface area (Å²) in [5, 5.41) is 4.37. The quantitative estimate of drug-likeness (QED) is 0.730. The fourth-order valence-corrected chi connectivity index (χ4v) is 1.42. The van der Waals surface area contributed by atoms with Gasteiger partial charge in [-0.1, -0.05) is 0 Å². The molecule has 0 aliphatic carbocycles. The molecule has 0 bridgehead atoms. The second kappa shape index (κ2) is 3.53. The average Bonchev–Trinajstić information content (AvgIpc) is 2.48. The number of hydrogen-bond donors (Lipinski definition) is 0. The number of rotatable bonds is 1. The molecule has 2 aromatic heterocycles. The number of halogens is 1. The lowest BCUT2D eigenvalue weighted by atomic mass is 10.3. The lowest BCUT2D eigenvalue weighted by Crippen LogP contribution is -1.95. The normalized spacial score (nSPS) is 10.5. The van der Waals surface area contributed by atoms with E-state index in [0.717, 1.165) is 16.0 Å². The van der Waals surface area contributed by atoms with Crippen LogP contribution in [0.15, 0.2) is 29.1 Å². The molecular formula is C10H10BrN3. The second-order valence-electron chi connectivity index (χ2n) is 3.18. The zero-order chi connectivity index (χ0) is 10.1. The molecule has 0 aliphatic rings. The molecule has 4 heteroatoms. The highest BCUT2D eigenvalue weighted by Gasteiger charge is 2.01. The number of pyridine rings is 1. The summed E-state index contributed by atoms with van der Waals surface area (Å²) < 4.78 is 2.67. The first-order valence-corrected chi connectivity index (χ1v) is 5.11. The lowest BCUT2D eigenvalue weighted by molar-refractivity contribution is 0.856. The first-order chi connectivity index (χ1) is 6.66. The van der Waals surface area contributed by atoms with Gasteiger partial charge in [0.2, 0.25) is 0 Å². The summed E-state index contributed by atoms with van der Waals surface area (Å²) in [6, 6.07) is 3.88. The molecule has 0 unspecified atom stereocenters. The van der Waals surface area contributed by atoms with Crippen molar-refractivity contribution < 1.29 is 0 Å². The predicted molar refractivity (Wildman–Crippen MR) is 58.5 cm³/mol. The molecule has 0 spiro atoms. The van der Waals surface area contributed by atoms with E-state index in [1.165, 1.54) is 5.56 Å². The summed E-state index contributed by atoms with van der Waals surface area (Å²) in [7, 11) is 0. The molecule has 3 nitrogen and oxygen atoms in total. The zero-order valence-electron chi connectivity index (χ0n) is 8.03. The van der Waals surface area contributed by atoms with Crippen LogP contribution in [0.5, 0.6) is 0 Å². The van der Waals surface area contributed by atoms with Gasteiger partial charge in [0.15, 0.2) is 0 Å². The van der Waals surface area contributed by atoms with E-state index in [9.17, 15) is 0 Å². The first-order valence-electron chi connectivity index (χ1n) is 4.31. The second-order valence-corrected chi connectivity index (χ2v) is 3.99. The van der Waals surface area contributed by atoms with Gasteiger partial charge in [0.05, 0.1) is 17.6 Å². The van der Waals surface area contributed by atoms with Gasteiger partial charge in [-0.2, -0.15) is 5.10 Å². The molecule has 14 heavy (non-hydrogen) atoms. The van der Waals surface area contributed by atoms with Crippen molar-refractivity contribution in [2.75, 3.05) is 0 Å². The van der Waals surface area contributed by atoms with Crippen LogP contribution in [0.3, 0.4) is 0 Å². The Labute approximate surface area is 90.9 Å². The smallest absolute Gasteiger partial charge is 0.106 e. The number of aromatic nitrogens is 3. The van der Waals surface area contributed by atoms with Gasteiger partial charge in [0.25, 0.3) is 0 Å². The van der Waals surface area contributed by atoms with Gasteiger partial charge in [-0.05, 0) is 47.5 Å². The largest absolute Gasteiger partial charge is 0.247 e. The Morgan fingerprint density at radius 2 is 2.07 bits per heavy atom. The van der Waals surface area contributed by atoms with Crippen molar-refractivity contribution >= 4 is 15.9 Å². The average molecular weight is 252 g/mol. The SMILES string of the molecule is Cc1cn(-c2ccc(Br)nc2)nc1C. The molecule has 0 aliphatic heterocycles. The summed E-state index contributed by atoms with van der Waals surface area (Å²) in [4.78, 5) is 4.15. The fourth-order valence-electron chi connectivity index (χ4n) is 1.18. The van der Waals surface area contributed by atoms with Crippen molar-refractivity contribution in [3.63, 3.8) is 0 Å². The van der Waals surface area contributed by atoms with Crippen LogP contribution in [0, 0.1) is 13.8 Å². The number of hydrogen-bond acceptors (Lipinski definition) is 2. The third-order valence-corrected chi connectivity index (χ3v) is 2.59. The maximum atomic E-state index is 4.37. The van der Waals surface area contributed by atoms with Gasteiger partial charge < -0.3 is 0 Å². The van der Waals surface area contributed by atoms with Crippen molar-refractivity contribution in [1.82, 2.24) is 14.8 Å². The van der Waals surface area contributed by atoms with Gasteiger partial charge in [-0.3, -0.25) is 0 Å². The van der Waals surface area contributed by atoms with Gasteiger partial charge in [-0.25, -0.2) is 9.67 Å². The van der Waals surface area contributed by atoms with E-state index in [4.69, 9.17) is 0 Å². The molecule has 2 rings (SSSR count). The number of aryl methyl sites for hydroxylation is 2. The summed E-state index contributed by atoms with van der Waals surface area (Å²) in [5.41, 5.74) is 3.21. The van der Waals surface area contributed by atoms with Gasteiger partial charge in [0, 0.05) is 6.20 Å². The Bertz CT molecular complexity index is 425. The van der Waals surface area contributed by atoms with Crippen LogP contribution in [-0.4, -0.2) is 14.8 Å². The van der Waals surface area contributed by atoms with Gasteiger partial charge in [-0.15, -0.1) is 0 Å². The minimum absolute atomic E-state index is 0.835. The number of nitrogens with zero attached hydrogens (tertiary/aromatic N) is 3. The predicted octanol–water partition coefficient (Wildman–Crippen LogP) is 2.65. The molecule has 0 radical (unpaired) electrons. The molecule has 0 amide bonds. The first kappa shape index (κ1) is 9.40. The Hall–Kier alpha value is -1.16. The zero-order valence-corrected chi connectivity index (χ0v) is 9.62. The molecule has 0 N–H and O–H groups in total. The molecule has 72 valence electrons. The third-order valence-electron chi connectivity index (χ3n) is 2.12. The van der Waals surface area contributed by atoms with E-state index < -0.39 is 0 Å². The topological polar surface area (TPSA) is 30.7 Å². The van der Waals surface area contributed by atoms with Crippen molar-refractivity contribution in [2.24, 2.45) is 0 Å². The summed E-state index contributed by atoms with van der Waals surface area (Å²) in [5.74, 6) is 0. The van der Waals surface area contributed by atoms with Crippen LogP contribution >= 0.6 is 15.9 Å². The van der Waals surface area contributed by atoms with Crippen molar-refractivity contribution in [3.05, 3.63) is 40.4 Å². The molecule has 0 aromatic carbocycles. The molecule has 0 atom stereocenters. The third kappa shape index (κ3) is 1.70. The van der Waals surface area contributed by atoms with E-state index in [1.807, 2.05) is 36.9 Å². The van der Waals surface area contributed by atoms with E-state index in [1.54, 1.807) is 6.20 Å². The van der Waals surface area contributed by atoms with Crippen molar-refractivity contribution in [1.29, 1.82) is 0 Å². The lowest BCUT2D eigenvalue weighted by Gasteiger charge is -1.99. The summed E-state index contributed by atoms with van der Waals surface area (Å²) in [6.07, 6.45) is 3.79. The highest BCUT2D eigenvalue weighted by Crippen LogP contribution is 2.12. The minimum atomic E-state index is 0.835. The molecular weight excluding hydrogens is 242 g/mol. The highest BCUT2D eigenvalue weighted by atomic mass is 79.9. The molecule has 0 saturated heterocycles. The molecule has 0 fully saturated rings. The fraction of sp³-hybridized carbons (Fsp3) is 0.200. The van der Waals surface area contributed by atoms with Crippen LogP contribution in [-0.2, 0) is 0 Å². The molecule has 0 saturated carbocycles. The summed E-state index contributed by atoms with van der Waals surface area (Å²) in [6.45, 7) is 4.04. The van der Waals surface area contributed by atoms with Crippen LogP contribution in [0.2, 0.25) is 0 Å². The van der Waals surface area contributed by atoms with E-state index in [0.29, 0.717) is 0 Å². The van der Waals surface area contributed by atoms with Crippen LogP contribution in [0.1, 0.15) is 11.3 Å². The maximum Gasteiger partial charge on any atom is 0.106 e. The van der Waals surface area contributed by atoms with E-state index in [-0.39, 0.29) is 0 Å². The van der Waals surface area contributed by atoms with E-state index >= 15 is 0 Å². The minimum Gasteiger partial charge on any atom is -0.247 e. The van der Waals surface area contributed by atoms with Crippen LogP contribution in [0.25, 0.3) is 5.69 Å². The standard InChI is InChI=1S/C10H10BrN3/c1-7-6-14(13-8(7)2)9-3-4-10(11)12-5-9/h3-6H,1-2H3. The Kier molecular flexibility index (Phi) is 2.37.